The van der Waals surface area contributed by atoms with E-state index in [0.29, 0.717) is 0 Å². The molecule has 0 saturated carbocycles. The molecule has 0 unspecified atom stereocenters. The Kier molecular flexibility index (Phi) is 3.76. The van der Waals surface area contributed by atoms with Gasteiger partial charge < -0.3 is 4.57 Å². The lowest BCUT2D eigenvalue weighted by Crippen LogP contribution is -2.21. The van der Waals surface area contributed by atoms with Crippen LogP contribution in [0.4, 0.5) is 0 Å². The molecule has 0 radical (unpaired) electrons. The third kappa shape index (κ3) is 2.39. The number of para-hydroxylation sites is 1. The van der Waals surface area contributed by atoms with Crippen molar-refractivity contribution in [1.29, 1.82) is 0 Å². The van der Waals surface area contributed by atoms with E-state index in [1.807, 2.05) is 6.20 Å². The second-order valence-corrected chi connectivity index (χ2v) is 10.4. The molecule has 2 heterocycles. The van der Waals surface area contributed by atoms with Gasteiger partial charge in [-0.25, -0.2) is 0 Å². The van der Waals surface area contributed by atoms with Gasteiger partial charge >= 0.3 is 0 Å². The molecule has 0 bridgehead atoms. The van der Waals surface area contributed by atoms with Gasteiger partial charge in [0.05, 0.1) is 11.2 Å². The highest BCUT2D eigenvalue weighted by Crippen LogP contribution is 2.53. The van der Waals surface area contributed by atoms with Gasteiger partial charge in [-0.1, -0.05) is 78.9 Å². The van der Waals surface area contributed by atoms with E-state index in [9.17, 15) is 0 Å². The Morgan fingerprint density at radius 3 is 1.86 bits per heavy atom. The van der Waals surface area contributed by atoms with Crippen LogP contribution in [-0.2, 0) is 5.41 Å². The predicted molar refractivity (Wildman–Crippen MR) is 151 cm³/mol. The van der Waals surface area contributed by atoms with E-state index >= 15 is 0 Å². The Bertz CT molecular complexity index is 1990. The Labute approximate surface area is 209 Å². The zero-order valence-corrected chi connectivity index (χ0v) is 20.3. The lowest BCUT2D eigenvalue weighted by Gasteiger charge is -2.24. The highest BCUT2D eigenvalue weighted by Gasteiger charge is 2.42. The third-order valence-corrected chi connectivity index (χ3v) is 8.12. The van der Waals surface area contributed by atoms with Crippen molar-refractivity contribution in [2.75, 3.05) is 0 Å². The molecular formula is C34H24N2. The Morgan fingerprint density at radius 2 is 1.17 bits per heavy atom. The van der Waals surface area contributed by atoms with Crippen molar-refractivity contribution in [3.05, 3.63) is 121 Å². The van der Waals surface area contributed by atoms with Crippen molar-refractivity contribution < 1.29 is 0 Å². The summed E-state index contributed by atoms with van der Waals surface area (Å²) in [4.78, 5) is 4.85. The summed E-state index contributed by atoms with van der Waals surface area (Å²) in [5, 5.41) is 9.09. The van der Waals surface area contributed by atoms with Gasteiger partial charge in [-0.2, -0.15) is 0 Å². The maximum Gasteiger partial charge on any atom is 0.0598 e. The average molecular weight is 461 g/mol. The second kappa shape index (κ2) is 6.83. The molecule has 0 saturated heterocycles. The number of hydrogen-bond acceptors (Lipinski definition) is 1. The fraction of sp³-hybridized carbons (Fsp3) is 0.0882. The first-order valence-electron chi connectivity index (χ1n) is 12.6. The number of rotatable bonds is 1. The predicted octanol–water partition coefficient (Wildman–Crippen LogP) is 8.79. The monoisotopic (exact) mass is 460 g/mol. The van der Waals surface area contributed by atoms with Crippen molar-refractivity contribution in [2.45, 2.75) is 19.3 Å². The first-order valence-corrected chi connectivity index (χ1v) is 12.6. The van der Waals surface area contributed by atoms with E-state index in [4.69, 9.17) is 4.98 Å². The second-order valence-electron chi connectivity index (χ2n) is 10.4. The molecule has 2 heteroatoms. The highest BCUT2D eigenvalue weighted by atomic mass is 15.0. The average Bonchev–Trinajstić information content (AvgIpc) is 3.40. The van der Waals surface area contributed by atoms with E-state index in [-0.39, 0.29) is 5.41 Å². The van der Waals surface area contributed by atoms with Crippen LogP contribution in [0.1, 0.15) is 25.2 Å². The molecule has 8 rings (SSSR count). The van der Waals surface area contributed by atoms with Crippen LogP contribution < -0.4 is 0 Å². The topological polar surface area (TPSA) is 17.8 Å². The molecule has 1 aliphatic rings. The van der Waals surface area contributed by atoms with Gasteiger partial charge in [-0.15, -0.1) is 0 Å². The molecule has 0 amide bonds. The largest absolute Gasteiger partial charge is 0.312 e. The number of aromatic nitrogens is 2. The molecule has 0 spiro atoms. The van der Waals surface area contributed by atoms with E-state index in [1.54, 1.807) is 0 Å². The maximum atomic E-state index is 4.85. The van der Waals surface area contributed by atoms with Crippen LogP contribution in [0, 0.1) is 0 Å². The van der Waals surface area contributed by atoms with E-state index in [2.05, 4.69) is 122 Å². The molecule has 0 fully saturated rings. The normalized spacial score (nSPS) is 14.1. The van der Waals surface area contributed by atoms with E-state index < -0.39 is 0 Å². The van der Waals surface area contributed by atoms with Crippen LogP contribution >= 0.6 is 0 Å². The summed E-state index contributed by atoms with van der Waals surface area (Å²) in [5.74, 6) is 0. The summed E-state index contributed by atoms with van der Waals surface area (Å²) in [5.41, 5.74) is 7.29. The number of nitrogens with zero attached hydrogens (tertiary/aromatic N) is 2. The summed E-state index contributed by atoms with van der Waals surface area (Å²) < 4.78 is 2.48. The first kappa shape index (κ1) is 19.8. The van der Waals surface area contributed by atoms with Crippen molar-refractivity contribution >= 4 is 43.2 Å². The SMILES string of the molecule is CC1(C)c2ncccc2-c2c1n(-c1ccc3c4ccccc4c4ccccc4c3c1)c1ccccc21. The van der Waals surface area contributed by atoms with E-state index in [1.165, 1.54) is 65.7 Å². The molecule has 1 aliphatic carbocycles. The Morgan fingerprint density at radius 1 is 0.583 bits per heavy atom. The van der Waals surface area contributed by atoms with Crippen LogP contribution in [0.3, 0.4) is 0 Å². The zero-order valence-electron chi connectivity index (χ0n) is 20.3. The smallest absolute Gasteiger partial charge is 0.0598 e. The maximum absolute atomic E-state index is 4.85. The van der Waals surface area contributed by atoms with Crippen LogP contribution in [0.25, 0.3) is 60.0 Å². The van der Waals surface area contributed by atoms with Gasteiger partial charge in [-0.3, -0.25) is 4.98 Å². The third-order valence-electron chi connectivity index (χ3n) is 8.12. The number of hydrogen-bond donors (Lipinski definition) is 0. The molecule has 0 aliphatic heterocycles. The minimum Gasteiger partial charge on any atom is -0.312 e. The lowest BCUT2D eigenvalue weighted by molar-refractivity contribution is 0.604. The zero-order chi connectivity index (χ0) is 24.0. The van der Waals surface area contributed by atoms with Crippen LogP contribution in [0.2, 0.25) is 0 Å². The first-order chi connectivity index (χ1) is 17.6. The van der Waals surface area contributed by atoms with Crippen molar-refractivity contribution in [1.82, 2.24) is 9.55 Å². The molecule has 2 nitrogen and oxygen atoms in total. The van der Waals surface area contributed by atoms with Gasteiger partial charge in [0.15, 0.2) is 0 Å². The highest BCUT2D eigenvalue weighted by molar-refractivity contribution is 6.25. The molecule has 0 atom stereocenters. The minimum atomic E-state index is -0.203. The Balaban J connectivity index is 1.53. The molecule has 0 N–H and O–H groups in total. The summed E-state index contributed by atoms with van der Waals surface area (Å²) in [6, 6.07) is 37.7. The lowest BCUT2D eigenvalue weighted by atomic mass is 9.88. The fourth-order valence-electron chi connectivity index (χ4n) is 6.62. The Hall–Kier alpha value is -4.43. The van der Waals surface area contributed by atoms with Crippen molar-refractivity contribution in [3.63, 3.8) is 0 Å². The fourth-order valence-corrected chi connectivity index (χ4v) is 6.62. The molecule has 36 heavy (non-hydrogen) atoms. The van der Waals surface area contributed by atoms with Gasteiger partial charge in [0.25, 0.3) is 0 Å². The van der Waals surface area contributed by atoms with Gasteiger partial charge in [0.1, 0.15) is 0 Å². The van der Waals surface area contributed by atoms with Crippen LogP contribution in [0.5, 0.6) is 0 Å². The van der Waals surface area contributed by atoms with Gasteiger partial charge in [0.2, 0.25) is 0 Å². The summed E-state index contributed by atoms with van der Waals surface area (Å²) in [6.07, 6.45) is 1.92. The standard InChI is InChI=1S/C34H24N2/c1-34(2)32-28(15-9-19-35-32)31-27-14-7-8-16-30(27)36(33(31)34)21-17-18-26-24-12-4-3-10-22(24)23-11-5-6-13-25(23)29(26)20-21/h3-20H,1-2H3. The number of fused-ring (bicyclic) bond motifs is 11. The van der Waals surface area contributed by atoms with Crippen molar-refractivity contribution in [2.24, 2.45) is 0 Å². The van der Waals surface area contributed by atoms with Crippen LogP contribution in [-0.4, -0.2) is 9.55 Å². The minimum absolute atomic E-state index is 0.203. The van der Waals surface area contributed by atoms with Crippen molar-refractivity contribution in [3.8, 4) is 16.8 Å². The van der Waals surface area contributed by atoms with Gasteiger partial charge in [0, 0.05) is 39.5 Å². The van der Waals surface area contributed by atoms with Gasteiger partial charge in [-0.05, 0) is 70.4 Å². The quantitative estimate of drug-likeness (QED) is 0.224. The molecule has 170 valence electrons. The molecule has 2 aromatic heterocycles. The summed E-state index contributed by atoms with van der Waals surface area (Å²) in [7, 11) is 0. The number of pyridine rings is 1. The van der Waals surface area contributed by atoms with Crippen LogP contribution in [0.15, 0.2) is 109 Å². The summed E-state index contributed by atoms with van der Waals surface area (Å²) >= 11 is 0. The molecular weight excluding hydrogens is 436 g/mol. The number of benzene rings is 5. The molecule has 5 aromatic carbocycles. The molecule has 7 aromatic rings. The van der Waals surface area contributed by atoms with E-state index in [0.717, 1.165) is 5.69 Å². The summed E-state index contributed by atoms with van der Waals surface area (Å²) in [6.45, 7) is 4.62.